The van der Waals surface area contributed by atoms with E-state index >= 15 is 0 Å². The smallest absolute Gasteiger partial charge is 0.250 e. The molecule has 4 heteroatoms. The first-order valence-electron chi connectivity index (χ1n) is 3.92. The normalized spacial score (nSPS) is 10.8. The average Bonchev–Trinajstić information content (AvgIpc) is 2.08. The lowest BCUT2D eigenvalue weighted by atomic mass is 10.2. The van der Waals surface area contributed by atoms with Gasteiger partial charge in [-0.3, -0.25) is 0 Å². The van der Waals surface area contributed by atoms with Crippen molar-refractivity contribution in [2.45, 2.75) is 13.0 Å². The van der Waals surface area contributed by atoms with Crippen LogP contribution in [0.25, 0.3) is 0 Å². The van der Waals surface area contributed by atoms with E-state index in [2.05, 4.69) is 5.32 Å². The molecular weight excluding hydrogens is 179 g/mol. The van der Waals surface area contributed by atoms with Gasteiger partial charge in [-0.1, -0.05) is 18.2 Å². The summed E-state index contributed by atoms with van der Waals surface area (Å²) in [5, 5.41) is 2.45. The van der Waals surface area contributed by atoms with E-state index in [-0.39, 0.29) is 12.4 Å². The summed E-state index contributed by atoms with van der Waals surface area (Å²) in [7, 11) is 0. The van der Waals surface area contributed by atoms with Gasteiger partial charge in [-0.25, -0.2) is 13.2 Å². The van der Waals surface area contributed by atoms with E-state index < -0.39 is 13.0 Å². The summed E-state index contributed by atoms with van der Waals surface area (Å²) in [6.07, 6.45) is -2.40. The van der Waals surface area contributed by atoms with E-state index in [1.54, 1.807) is 18.2 Å². The van der Waals surface area contributed by atoms with Crippen molar-refractivity contribution in [3.63, 3.8) is 0 Å². The lowest BCUT2D eigenvalue weighted by molar-refractivity contribution is 0.145. The van der Waals surface area contributed by atoms with Gasteiger partial charge in [0.25, 0.3) is 6.43 Å². The van der Waals surface area contributed by atoms with Crippen LogP contribution in [0, 0.1) is 5.82 Å². The monoisotopic (exact) mass is 189 g/mol. The van der Waals surface area contributed by atoms with Gasteiger partial charge in [0.15, 0.2) is 0 Å². The fraction of sp³-hybridized carbons (Fsp3) is 0.333. The van der Waals surface area contributed by atoms with E-state index in [0.29, 0.717) is 5.56 Å². The van der Waals surface area contributed by atoms with E-state index in [1.165, 1.54) is 6.07 Å². The summed E-state index contributed by atoms with van der Waals surface area (Å²) in [4.78, 5) is 0. The highest BCUT2D eigenvalue weighted by molar-refractivity contribution is 5.16. The molecule has 0 heterocycles. The number of hydrogen-bond donors (Lipinski definition) is 1. The lowest BCUT2D eigenvalue weighted by Gasteiger charge is -2.04. The van der Waals surface area contributed by atoms with E-state index in [0.717, 1.165) is 0 Å². The van der Waals surface area contributed by atoms with Crippen molar-refractivity contribution in [3.05, 3.63) is 35.6 Å². The van der Waals surface area contributed by atoms with E-state index in [9.17, 15) is 13.2 Å². The van der Waals surface area contributed by atoms with Gasteiger partial charge in [-0.05, 0) is 6.07 Å². The number of nitrogens with one attached hydrogen (secondary N) is 1. The van der Waals surface area contributed by atoms with Gasteiger partial charge in [-0.2, -0.15) is 0 Å². The van der Waals surface area contributed by atoms with Crippen LogP contribution in [0.15, 0.2) is 24.3 Å². The number of alkyl halides is 2. The van der Waals surface area contributed by atoms with Crippen molar-refractivity contribution in [3.8, 4) is 0 Å². The Morgan fingerprint density at radius 2 is 1.92 bits per heavy atom. The van der Waals surface area contributed by atoms with Crippen LogP contribution in [0.3, 0.4) is 0 Å². The fourth-order valence-electron chi connectivity index (χ4n) is 0.958. The zero-order valence-corrected chi connectivity index (χ0v) is 6.93. The molecule has 0 saturated heterocycles. The van der Waals surface area contributed by atoms with Gasteiger partial charge in [0.05, 0.1) is 6.54 Å². The number of benzene rings is 1. The molecule has 0 spiro atoms. The molecule has 0 radical (unpaired) electrons. The predicted octanol–water partition coefficient (Wildman–Crippen LogP) is 2.18. The van der Waals surface area contributed by atoms with Gasteiger partial charge in [0.1, 0.15) is 5.82 Å². The van der Waals surface area contributed by atoms with Gasteiger partial charge < -0.3 is 5.32 Å². The Kier molecular flexibility index (Phi) is 3.76. The van der Waals surface area contributed by atoms with Crippen LogP contribution in [0.2, 0.25) is 0 Å². The molecule has 0 aromatic heterocycles. The maximum atomic E-state index is 12.9. The van der Waals surface area contributed by atoms with Gasteiger partial charge in [0, 0.05) is 12.1 Å². The lowest BCUT2D eigenvalue weighted by Crippen LogP contribution is -2.21. The third-order valence-corrected chi connectivity index (χ3v) is 1.57. The molecule has 0 fully saturated rings. The van der Waals surface area contributed by atoms with Gasteiger partial charge in [-0.15, -0.1) is 0 Å². The molecule has 1 aromatic rings. The first-order chi connectivity index (χ1) is 6.20. The molecule has 13 heavy (non-hydrogen) atoms. The summed E-state index contributed by atoms with van der Waals surface area (Å²) in [5.41, 5.74) is 0.406. The minimum atomic E-state index is -2.40. The highest BCUT2D eigenvalue weighted by Crippen LogP contribution is 2.05. The van der Waals surface area contributed by atoms with Gasteiger partial charge in [0.2, 0.25) is 0 Å². The minimum Gasteiger partial charge on any atom is -0.307 e. The Hall–Kier alpha value is -1.03. The zero-order valence-electron chi connectivity index (χ0n) is 6.93. The fourth-order valence-corrected chi connectivity index (χ4v) is 0.958. The molecule has 1 N–H and O–H groups in total. The molecule has 0 saturated carbocycles. The van der Waals surface area contributed by atoms with Crippen molar-refractivity contribution >= 4 is 0 Å². The second-order valence-electron chi connectivity index (χ2n) is 2.61. The van der Waals surface area contributed by atoms with Crippen molar-refractivity contribution in [1.82, 2.24) is 5.32 Å². The Bertz CT molecular complexity index is 263. The third kappa shape index (κ3) is 3.46. The number of hydrogen-bond acceptors (Lipinski definition) is 1. The Morgan fingerprint density at radius 3 is 2.54 bits per heavy atom. The highest BCUT2D eigenvalue weighted by Gasteiger charge is 2.03. The van der Waals surface area contributed by atoms with Crippen molar-refractivity contribution < 1.29 is 13.2 Å². The molecule has 0 amide bonds. The first kappa shape index (κ1) is 10.1. The van der Waals surface area contributed by atoms with Crippen LogP contribution >= 0.6 is 0 Å². The van der Waals surface area contributed by atoms with Crippen LogP contribution in [0.4, 0.5) is 13.2 Å². The maximum absolute atomic E-state index is 12.9. The van der Waals surface area contributed by atoms with Crippen LogP contribution in [0.5, 0.6) is 0 Å². The molecular formula is C9H10F3N. The number of rotatable bonds is 4. The number of halogens is 3. The van der Waals surface area contributed by atoms with Crippen molar-refractivity contribution in [2.75, 3.05) is 6.54 Å². The molecule has 0 aliphatic heterocycles. The molecule has 72 valence electrons. The van der Waals surface area contributed by atoms with Crippen molar-refractivity contribution in [2.24, 2.45) is 0 Å². The summed E-state index contributed by atoms with van der Waals surface area (Å²) < 4.78 is 36.3. The van der Waals surface area contributed by atoms with Crippen LogP contribution in [-0.2, 0) is 6.54 Å². The van der Waals surface area contributed by atoms with Crippen LogP contribution in [-0.4, -0.2) is 13.0 Å². The third-order valence-electron chi connectivity index (χ3n) is 1.57. The second kappa shape index (κ2) is 4.87. The predicted molar refractivity (Wildman–Crippen MR) is 44.1 cm³/mol. The molecule has 0 bridgehead atoms. The van der Waals surface area contributed by atoms with Crippen molar-refractivity contribution in [1.29, 1.82) is 0 Å². The quantitative estimate of drug-likeness (QED) is 0.765. The molecule has 1 aromatic carbocycles. The largest absolute Gasteiger partial charge is 0.307 e. The SMILES string of the molecule is Fc1ccccc1CNCC(F)F. The Morgan fingerprint density at radius 1 is 1.23 bits per heavy atom. The molecule has 1 nitrogen and oxygen atoms in total. The first-order valence-corrected chi connectivity index (χ1v) is 3.92. The van der Waals surface area contributed by atoms with E-state index in [1.807, 2.05) is 0 Å². The summed E-state index contributed by atoms with van der Waals surface area (Å²) in [6.45, 7) is -0.272. The topological polar surface area (TPSA) is 12.0 Å². The Labute approximate surface area is 74.6 Å². The second-order valence-corrected chi connectivity index (χ2v) is 2.61. The molecule has 1 rings (SSSR count). The highest BCUT2D eigenvalue weighted by atomic mass is 19.3. The molecule has 0 aliphatic rings. The summed E-state index contributed by atoms with van der Waals surface area (Å²) in [6, 6.07) is 6.10. The molecule has 0 atom stereocenters. The maximum Gasteiger partial charge on any atom is 0.250 e. The summed E-state index contributed by atoms with van der Waals surface area (Å²) >= 11 is 0. The average molecular weight is 189 g/mol. The van der Waals surface area contributed by atoms with Crippen LogP contribution in [0.1, 0.15) is 5.56 Å². The minimum absolute atomic E-state index is 0.136. The molecule has 0 aliphatic carbocycles. The Balaban J connectivity index is 2.41. The molecule has 0 unspecified atom stereocenters. The summed E-state index contributed by atoms with van der Waals surface area (Å²) in [5.74, 6) is -0.371. The van der Waals surface area contributed by atoms with E-state index in [4.69, 9.17) is 0 Å². The zero-order chi connectivity index (χ0) is 9.68. The van der Waals surface area contributed by atoms with Crippen LogP contribution < -0.4 is 5.32 Å². The van der Waals surface area contributed by atoms with Gasteiger partial charge >= 0.3 is 0 Å². The standard InChI is InChI=1S/C9H10F3N/c10-8-4-2-1-3-7(8)5-13-6-9(11)12/h1-4,9,13H,5-6H2.